The van der Waals surface area contributed by atoms with Gasteiger partial charge in [0.05, 0.1) is 5.56 Å². The molecule has 6 heteroatoms. The average Bonchev–Trinajstić information content (AvgIpc) is 2.24. The smallest absolute Gasteiger partial charge is 0.324 e. The van der Waals surface area contributed by atoms with E-state index in [0.29, 0.717) is 12.3 Å². The maximum absolute atomic E-state index is 12.9. The SMILES string of the molecule is CC(C)CC[C@@H](N)c1c(Cl)cccc1C(F)(F)F.Cl. The molecule has 2 N–H and O–H groups in total. The van der Waals surface area contributed by atoms with Gasteiger partial charge in [0.1, 0.15) is 0 Å². The lowest BCUT2D eigenvalue weighted by Crippen LogP contribution is -2.18. The van der Waals surface area contributed by atoms with Crippen LogP contribution in [0.15, 0.2) is 18.2 Å². The number of hydrogen-bond acceptors (Lipinski definition) is 1. The topological polar surface area (TPSA) is 26.0 Å². The summed E-state index contributed by atoms with van der Waals surface area (Å²) in [4.78, 5) is 0. The molecule has 110 valence electrons. The van der Waals surface area contributed by atoms with Crippen LogP contribution >= 0.6 is 24.0 Å². The van der Waals surface area contributed by atoms with Crippen LogP contribution in [-0.4, -0.2) is 0 Å². The lowest BCUT2D eigenvalue weighted by molar-refractivity contribution is -0.138. The molecule has 0 bridgehead atoms. The molecule has 0 aliphatic rings. The molecule has 0 aliphatic heterocycles. The van der Waals surface area contributed by atoms with Gasteiger partial charge in [-0.15, -0.1) is 12.4 Å². The van der Waals surface area contributed by atoms with Gasteiger partial charge in [-0.2, -0.15) is 13.2 Å². The molecule has 19 heavy (non-hydrogen) atoms. The maximum atomic E-state index is 12.9. The summed E-state index contributed by atoms with van der Waals surface area (Å²) in [5, 5.41) is 0.0843. The lowest BCUT2D eigenvalue weighted by Gasteiger charge is -2.20. The molecule has 0 saturated heterocycles. The van der Waals surface area contributed by atoms with Crippen molar-refractivity contribution in [1.29, 1.82) is 0 Å². The summed E-state index contributed by atoms with van der Waals surface area (Å²) in [7, 11) is 0. The summed E-state index contributed by atoms with van der Waals surface area (Å²) in [5.41, 5.74) is 5.13. The van der Waals surface area contributed by atoms with Crippen molar-refractivity contribution in [2.24, 2.45) is 11.7 Å². The van der Waals surface area contributed by atoms with Crippen LogP contribution < -0.4 is 5.73 Å². The molecule has 1 atom stereocenters. The second-order valence-electron chi connectivity index (χ2n) is 4.78. The average molecular weight is 316 g/mol. The monoisotopic (exact) mass is 315 g/mol. The molecule has 0 fully saturated rings. The van der Waals surface area contributed by atoms with Crippen molar-refractivity contribution in [2.45, 2.75) is 38.9 Å². The molecule has 1 aromatic rings. The fourth-order valence-corrected chi connectivity index (χ4v) is 2.13. The predicted molar refractivity (Wildman–Crippen MR) is 74.7 cm³/mol. The highest BCUT2D eigenvalue weighted by atomic mass is 35.5. The Kier molecular flexibility index (Phi) is 7.19. The van der Waals surface area contributed by atoms with Crippen LogP contribution in [-0.2, 0) is 6.18 Å². The van der Waals surface area contributed by atoms with E-state index in [0.717, 1.165) is 12.5 Å². The van der Waals surface area contributed by atoms with E-state index >= 15 is 0 Å². The van der Waals surface area contributed by atoms with E-state index in [1.807, 2.05) is 13.8 Å². The number of hydrogen-bond donors (Lipinski definition) is 1. The van der Waals surface area contributed by atoms with E-state index in [4.69, 9.17) is 17.3 Å². The van der Waals surface area contributed by atoms with Crippen molar-refractivity contribution in [3.05, 3.63) is 34.3 Å². The van der Waals surface area contributed by atoms with E-state index in [1.54, 1.807) is 0 Å². The van der Waals surface area contributed by atoms with Crippen LogP contribution in [0.5, 0.6) is 0 Å². The number of halogens is 5. The normalized spacial score (nSPS) is 13.3. The highest BCUT2D eigenvalue weighted by Gasteiger charge is 2.35. The van der Waals surface area contributed by atoms with Gasteiger partial charge in [-0.05, 0) is 36.5 Å². The molecular weight excluding hydrogens is 298 g/mol. The zero-order chi connectivity index (χ0) is 13.9. The van der Waals surface area contributed by atoms with Crippen molar-refractivity contribution in [3.63, 3.8) is 0 Å². The molecule has 0 saturated carbocycles. The van der Waals surface area contributed by atoms with Crippen LogP contribution in [0.4, 0.5) is 13.2 Å². The van der Waals surface area contributed by atoms with Crippen molar-refractivity contribution < 1.29 is 13.2 Å². The van der Waals surface area contributed by atoms with Crippen LogP contribution in [0.2, 0.25) is 5.02 Å². The van der Waals surface area contributed by atoms with Gasteiger partial charge in [0.2, 0.25) is 0 Å². The Hall–Kier alpha value is -0.450. The van der Waals surface area contributed by atoms with Gasteiger partial charge in [0, 0.05) is 11.1 Å². The van der Waals surface area contributed by atoms with Crippen molar-refractivity contribution >= 4 is 24.0 Å². The highest BCUT2D eigenvalue weighted by molar-refractivity contribution is 6.31. The predicted octanol–water partition coefficient (Wildman–Crippen LogP) is 5.22. The molecule has 0 heterocycles. The molecular formula is C13H18Cl2F3N. The molecule has 1 aromatic carbocycles. The number of alkyl halides is 3. The Balaban J connectivity index is 0.00000324. The summed E-state index contributed by atoms with van der Waals surface area (Å²) in [6.07, 6.45) is -3.16. The molecule has 1 nitrogen and oxygen atoms in total. The fourth-order valence-electron chi connectivity index (χ4n) is 1.82. The minimum atomic E-state index is -4.42. The lowest BCUT2D eigenvalue weighted by atomic mass is 9.94. The fraction of sp³-hybridized carbons (Fsp3) is 0.538. The van der Waals surface area contributed by atoms with Crippen LogP contribution in [0.25, 0.3) is 0 Å². The third kappa shape index (κ3) is 5.21. The molecule has 0 aromatic heterocycles. The summed E-state index contributed by atoms with van der Waals surface area (Å²) in [6, 6.07) is 3.08. The van der Waals surface area contributed by atoms with Gasteiger partial charge >= 0.3 is 6.18 Å². The van der Waals surface area contributed by atoms with Gasteiger partial charge in [-0.1, -0.05) is 31.5 Å². The molecule has 0 radical (unpaired) electrons. The third-order valence-electron chi connectivity index (χ3n) is 2.78. The van der Waals surface area contributed by atoms with Gasteiger partial charge in [0.15, 0.2) is 0 Å². The van der Waals surface area contributed by atoms with Crippen molar-refractivity contribution in [1.82, 2.24) is 0 Å². The van der Waals surface area contributed by atoms with E-state index in [2.05, 4.69) is 0 Å². The van der Waals surface area contributed by atoms with E-state index < -0.39 is 17.8 Å². The number of benzene rings is 1. The zero-order valence-corrected chi connectivity index (χ0v) is 12.4. The van der Waals surface area contributed by atoms with Crippen LogP contribution in [0, 0.1) is 5.92 Å². The minimum Gasteiger partial charge on any atom is -0.324 e. The first kappa shape index (κ1) is 18.6. The molecule has 0 aliphatic carbocycles. The highest BCUT2D eigenvalue weighted by Crippen LogP contribution is 2.38. The van der Waals surface area contributed by atoms with Gasteiger partial charge in [-0.3, -0.25) is 0 Å². The summed E-state index contributed by atoms with van der Waals surface area (Å²) < 4.78 is 38.6. The second kappa shape index (κ2) is 7.36. The van der Waals surface area contributed by atoms with Gasteiger partial charge < -0.3 is 5.73 Å². The summed E-state index contributed by atoms with van der Waals surface area (Å²) >= 11 is 5.87. The van der Waals surface area contributed by atoms with E-state index in [1.165, 1.54) is 12.1 Å². The quantitative estimate of drug-likeness (QED) is 0.810. The molecule has 0 spiro atoms. The van der Waals surface area contributed by atoms with Gasteiger partial charge in [-0.25, -0.2) is 0 Å². The molecule has 1 rings (SSSR count). The minimum absolute atomic E-state index is 0. The van der Waals surface area contributed by atoms with Gasteiger partial charge in [0.25, 0.3) is 0 Å². The van der Waals surface area contributed by atoms with E-state index in [-0.39, 0.29) is 23.0 Å². The second-order valence-corrected chi connectivity index (χ2v) is 5.18. The maximum Gasteiger partial charge on any atom is 0.416 e. The first-order chi connectivity index (χ1) is 8.23. The Morgan fingerprint density at radius 1 is 1.21 bits per heavy atom. The number of nitrogens with two attached hydrogens (primary N) is 1. The Morgan fingerprint density at radius 2 is 1.79 bits per heavy atom. The molecule has 0 amide bonds. The first-order valence-corrected chi connectivity index (χ1v) is 6.22. The largest absolute Gasteiger partial charge is 0.416 e. The van der Waals surface area contributed by atoms with Crippen LogP contribution in [0.3, 0.4) is 0 Å². The first-order valence-electron chi connectivity index (χ1n) is 5.84. The third-order valence-corrected chi connectivity index (χ3v) is 3.11. The Morgan fingerprint density at radius 3 is 2.26 bits per heavy atom. The summed E-state index contributed by atoms with van der Waals surface area (Å²) in [5.74, 6) is 0.396. The van der Waals surface area contributed by atoms with Crippen molar-refractivity contribution in [2.75, 3.05) is 0 Å². The Bertz CT molecular complexity index is 405. The standard InChI is InChI=1S/C13H17ClF3N.ClH/c1-8(2)6-7-11(18)12-9(13(15,16)17)4-3-5-10(12)14;/h3-5,8,11H,6-7,18H2,1-2H3;1H/t11-;/m1./s1. The van der Waals surface area contributed by atoms with Crippen LogP contribution in [0.1, 0.15) is 43.9 Å². The van der Waals surface area contributed by atoms with E-state index in [9.17, 15) is 13.2 Å². The molecule has 0 unspecified atom stereocenters. The zero-order valence-electron chi connectivity index (χ0n) is 10.8. The Labute approximate surface area is 122 Å². The summed E-state index contributed by atoms with van der Waals surface area (Å²) in [6.45, 7) is 4.01. The van der Waals surface area contributed by atoms with Crippen molar-refractivity contribution in [3.8, 4) is 0 Å². The number of rotatable bonds is 4.